The Kier molecular flexibility index (Phi) is 5.58. The summed E-state index contributed by atoms with van der Waals surface area (Å²) < 4.78 is 10.8. The average molecular weight is 296 g/mol. The van der Waals surface area contributed by atoms with Crippen LogP contribution in [0.3, 0.4) is 0 Å². The lowest BCUT2D eigenvalue weighted by molar-refractivity contribution is 0.0670. The third-order valence-corrected chi connectivity index (χ3v) is 2.48. The lowest BCUT2D eigenvalue weighted by Gasteiger charge is -2.16. The van der Waals surface area contributed by atoms with Gasteiger partial charge in [0.15, 0.2) is 0 Å². The summed E-state index contributed by atoms with van der Waals surface area (Å²) in [6, 6.07) is 2.40. The van der Waals surface area contributed by atoms with Crippen LogP contribution < -0.4 is 9.47 Å². The molecule has 1 aromatic carbocycles. The standard InChI is InChI=1S/C15H20O6/c1-8(2)7-20-12-5-11(15(18)19)13(21-9(3)4)6-10(12)14(16)17/h5-6,8-9H,7H2,1-4H3,(H,16,17)(H,18,19). The van der Waals surface area contributed by atoms with Crippen molar-refractivity contribution in [3.05, 3.63) is 23.3 Å². The Morgan fingerprint density at radius 2 is 1.48 bits per heavy atom. The van der Waals surface area contributed by atoms with Crippen molar-refractivity contribution in [2.75, 3.05) is 6.61 Å². The Morgan fingerprint density at radius 3 is 1.90 bits per heavy atom. The quantitative estimate of drug-likeness (QED) is 0.803. The molecule has 1 rings (SSSR count). The minimum atomic E-state index is -1.20. The van der Waals surface area contributed by atoms with Gasteiger partial charge in [0.25, 0.3) is 0 Å². The normalized spacial score (nSPS) is 10.8. The Bertz CT molecular complexity index is 533. The van der Waals surface area contributed by atoms with Crippen molar-refractivity contribution < 1.29 is 29.3 Å². The highest BCUT2D eigenvalue weighted by molar-refractivity contribution is 5.97. The average Bonchev–Trinajstić information content (AvgIpc) is 2.35. The Balaban J connectivity index is 3.32. The highest BCUT2D eigenvalue weighted by Gasteiger charge is 2.21. The summed E-state index contributed by atoms with van der Waals surface area (Å²) in [6.07, 6.45) is -0.271. The van der Waals surface area contributed by atoms with Gasteiger partial charge in [0.05, 0.1) is 12.7 Å². The molecule has 2 N–H and O–H groups in total. The maximum Gasteiger partial charge on any atom is 0.339 e. The molecule has 0 amide bonds. The molecule has 0 bridgehead atoms. The van der Waals surface area contributed by atoms with E-state index in [0.29, 0.717) is 6.61 Å². The van der Waals surface area contributed by atoms with Gasteiger partial charge in [-0.3, -0.25) is 0 Å². The Morgan fingerprint density at radius 1 is 1.00 bits per heavy atom. The van der Waals surface area contributed by atoms with Crippen LogP contribution in [-0.4, -0.2) is 34.9 Å². The monoisotopic (exact) mass is 296 g/mol. The molecule has 21 heavy (non-hydrogen) atoms. The van der Waals surface area contributed by atoms with Crippen molar-refractivity contribution >= 4 is 11.9 Å². The van der Waals surface area contributed by atoms with E-state index >= 15 is 0 Å². The molecular formula is C15H20O6. The summed E-state index contributed by atoms with van der Waals surface area (Å²) in [6.45, 7) is 7.58. The number of aromatic carboxylic acids is 2. The molecule has 6 nitrogen and oxygen atoms in total. The first kappa shape index (κ1) is 16.8. The van der Waals surface area contributed by atoms with E-state index < -0.39 is 11.9 Å². The molecule has 0 heterocycles. The van der Waals surface area contributed by atoms with Gasteiger partial charge in [0.2, 0.25) is 0 Å². The molecule has 0 aliphatic rings. The van der Waals surface area contributed by atoms with Crippen molar-refractivity contribution in [1.82, 2.24) is 0 Å². The van der Waals surface area contributed by atoms with Gasteiger partial charge >= 0.3 is 11.9 Å². The maximum atomic E-state index is 11.3. The summed E-state index contributed by atoms with van der Waals surface area (Å²) >= 11 is 0. The van der Waals surface area contributed by atoms with E-state index in [9.17, 15) is 19.8 Å². The number of carboxylic acid groups (broad SMARTS) is 2. The van der Waals surface area contributed by atoms with Crippen molar-refractivity contribution in [2.24, 2.45) is 5.92 Å². The van der Waals surface area contributed by atoms with Crippen LogP contribution in [0.4, 0.5) is 0 Å². The fourth-order valence-corrected chi connectivity index (χ4v) is 1.62. The lowest BCUT2D eigenvalue weighted by Crippen LogP contribution is -2.14. The zero-order valence-electron chi connectivity index (χ0n) is 12.5. The number of carbonyl (C=O) groups is 2. The summed E-state index contributed by atoms with van der Waals surface area (Å²) in [7, 11) is 0. The first-order valence-electron chi connectivity index (χ1n) is 6.66. The summed E-state index contributed by atoms with van der Waals surface area (Å²) in [5.41, 5.74) is -0.233. The van der Waals surface area contributed by atoms with E-state index in [1.165, 1.54) is 12.1 Å². The van der Waals surface area contributed by atoms with E-state index in [0.717, 1.165) is 0 Å². The van der Waals surface area contributed by atoms with Gasteiger partial charge in [0, 0.05) is 0 Å². The SMILES string of the molecule is CC(C)COc1cc(C(=O)O)c(OC(C)C)cc1C(=O)O. The van der Waals surface area contributed by atoms with Crippen LogP contribution in [0.25, 0.3) is 0 Å². The number of benzene rings is 1. The van der Waals surface area contributed by atoms with Crippen LogP contribution in [-0.2, 0) is 0 Å². The summed E-state index contributed by atoms with van der Waals surface area (Å²) in [5.74, 6) is -2.15. The van der Waals surface area contributed by atoms with Crippen LogP contribution in [0, 0.1) is 5.92 Å². The van der Waals surface area contributed by atoms with E-state index in [2.05, 4.69) is 0 Å². The molecule has 0 radical (unpaired) electrons. The fourth-order valence-electron chi connectivity index (χ4n) is 1.62. The van der Waals surface area contributed by atoms with E-state index in [-0.39, 0.29) is 34.6 Å². The Hall–Kier alpha value is -2.24. The minimum absolute atomic E-state index is 0.0202. The third kappa shape index (κ3) is 4.66. The molecular weight excluding hydrogens is 276 g/mol. The van der Waals surface area contributed by atoms with Crippen LogP contribution in [0.2, 0.25) is 0 Å². The van der Waals surface area contributed by atoms with Crippen LogP contribution in [0.5, 0.6) is 11.5 Å². The number of ether oxygens (including phenoxy) is 2. The zero-order chi connectivity index (χ0) is 16.2. The van der Waals surface area contributed by atoms with Gasteiger partial charge in [-0.15, -0.1) is 0 Å². The first-order chi connectivity index (χ1) is 9.72. The molecule has 0 aliphatic carbocycles. The molecule has 0 unspecified atom stereocenters. The lowest BCUT2D eigenvalue weighted by atomic mass is 10.1. The van der Waals surface area contributed by atoms with Gasteiger partial charge in [-0.05, 0) is 31.9 Å². The van der Waals surface area contributed by atoms with Gasteiger partial charge in [-0.1, -0.05) is 13.8 Å². The highest BCUT2D eigenvalue weighted by Crippen LogP contribution is 2.30. The number of hydrogen-bond donors (Lipinski definition) is 2. The van der Waals surface area contributed by atoms with Crippen LogP contribution in [0.1, 0.15) is 48.4 Å². The van der Waals surface area contributed by atoms with Crippen molar-refractivity contribution in [3.8, 4) is 11.5 Å². The molecule has 0 aliphatic heterocycles. The van der Waals surface area contributed by atoms with Crippen molar-refractivity contribution in [2.45, 2.75) is 33.8 Å². The molecule has 0 spiro atoms. The van der Waals surface area contributed by atoms with Gasteiger partial charge < -0.3 is 19.7 Å². The second kappa shape index (κ2) is 6.97. The molecule has 1 aromatic rings. The molecule has 0 aromatic heterocycles. The van der Waals surface area contributed by atoms with Crippen LogP contribution in [0.15, 0.2) is 12.1 Å². The second-order valence-corrected chi connectivity index (χ2v) is 5.33. The first-order valence-corrected chi connectivity index (χ1v) is 6.66. The summed E-state index contributed by atoms with van der Waals surface area (Å²) in [5, 5.41) is 18.5. The second-order valence-electron chi connectivity index (χ2n) is 5.33. The van der Waals surface area contributed by atoms with E-state index in [1.54, 1.807) is 13.8 Å². The molecule has 116 valence electrons. The number of carboxylic acids is 2. The largest absolute Gasteiger partial charge is 0.492 e. The minimum Gasteiger partial charge on any atom is -0.492 e. The van der Waals surface area contributed by atoms with Crippen LogP contribution >= 0.6 is 0 Å². The predicted octanol–water partition coefficient (Wildman–Crippen LogP) is 2.91. The summed E-state index contributed by atoms with van der Waals surface area (Å²) in [4.78, 5) is 22.6. The molecule has 0 fully saturated rings. The van der Waals surface area contributed by atoms with E-state index in [1.807, 2.05) is 13.8 Å². The number of rotatable bonds is 7. The topological polar surface area (TPSA) is 93.1 Å². The molecule has 0 saturated carbocycles. The predicted molar refractivity (Wildman–Crippen MR) is 76.5 cm³/mol. The van der Waals surface area contributed by atoms with Crippen molar-refractivity contribution in [1.29, 1.82) is 0 Å². The van der Waals surface area contributed by atoms with Gasteiger partial charge in [-0.2, -0.15) is 0 Å². The third-order valence-electron chi connectivity index (χ3n) is 2.48. The van der Waals surface area contributed by atoms with E-state index in [4.69, 9.17) is 9.47 Å². The van der Waals surface area contributed by atoms with Gasteiger partial charge in [0.1, 0.15) is 22.6 Å². The number of hydrogen-bond acceptors (Lipinski definition) is 4. The fraction of sp³-hybridized carbons (Fsp3) is 0.467. The molecule has 0 atom stereocenters. The Labute approximate surface area is 123 Å². The zero-order valence-corrected chi connectivity index (χ0v) is 12.5. The highest BCUT2D eigenvalue weighted by atomic mass is 16.5. The molecule has 0 saturated heterocycles. The van der Waals surface area contributed by atoms with Gasteiger partial charge in [-0.25, -0.2) is 9.59 Å². The smallest absolute Gasteiger partial charge is 0.339 e. The van der Waals surface area contributed by atoms with Crippen molar-refractivity contribution in [3.63, 3.8) is 0 Å². The molecule has 6 heteroatoms. The maximum absolute atomic E-state index is 11.3.